The van der Waals surface area contributed by atoms with Crippen LogP contribution in [0.4, 0.5) is 0 Å². The second kappa shape index (κ2) is 4.84. The Morgan fingerprint density at radius 1 is 1.37 bits per heavy atom. The molecule has 4 heteroatoms. The number of fused-ring (bicyclic) bond motifs is 1. The Morgan fingerprint density at radius 2 is 2.21 bits per heavy atom. The van der Waals surface area contributed by atoms with E-state index >= 15 is 0 Å². The first kappa shape index (κ1) is 12.5. The van der Waals surface area contributed by atoms with Gasteiger partial charge in [-0.25, -0.2) is 0 Å². The maximum absolute atomic E-state index is 10.7. The number of ether oxygens (including phenoxy) is 2. The first-order chi connectivity index (χ1) is 9.28. The molecule has 1 N–H and O–H groups in total. The molecule has 0 saturated carbocycles. The Labute approximate surface area is 112 Å². The summed E-state index contributed by atoms with van der Waals surface area (Å²) in [6.07, 6.45) is 1.21. The van der Waals surface area contributed by atoms with Gasteiger partial charge in [-0.2, -0.15) is 5.26 Å². The predicted octanol–water partition coefficient (Wildman–Crippen LogP) is 1.77. The molecule has 1 fully saturated rings. The van der Waals surface area contributed by atoms with Gasteiger partial charge in [0.05, 0.1) is 18.8 Å². The van der Waals surface area contributed by atoms with Crippen LogP contribution in [0.25, 0.3) is 0 Å². The van der Waals surface area contributed by atoms with Gasteiger partial charge < -0.3 is 14.6 Å². The summed E-state index contributed by atoms with van der Waals surface area (Å²) >= 11 is 0. The molecule has 2 aliphatic rings. The number of hydrogen-bond donors (Lipinski definition) is 1. The molecule has 3 unspecified atom stereocenters. The second-order valence-electron chi connectivity index (χ2n) is 5.17. The zero-order chi connectivity index (χ0) is 13.3. The van der Waals surface area contributed by atoms with Crippen LogP contribution in [0.1, 0.15) is 24.8 Å². The Hall–Kier alpha value is -1.57. The Kier molecular flexibility index (Phi) is 3.17. The molecule has 2 heterocycles. The van der Waals surface area contributed by atoms with Crippen LogP contribution in [0.5, 0.6) is 5.75 Å². The molecule has 0 aliphatic carbocycles. The third kappa shape index (κ3) is 1.90. The molecule has 100 valence electrons. The summed E-state index contributed by atoms with van der Waals surface area (Å²) in [5.41, 5.74) is -0.129. The van der Waals surface area contributed by atoms with Crippen LogP contribution in [0, 0.1) is 11.3 Å². The van der Waals surface area contributed by atoms with E-state index in [2.05, 4.69) is 6.07 Å². The van der Waals surface area contributed by atoms with Crippen molar-refractivity contribution in [3.05, 3.63) is 29.8 Å². The fraction of sp³-hybridized carbons (Fsp3) is 0.533. The Morgan fingerprint density at radius 3 is 2.95 bits per heavy atom. The molecule has 4 nitrogen and oxygen atoms in total. The monoisotopic (exact) mass is 259 g/mol. The molecule has 1 aromatic rings. The van der Waals surface area contributed by atoms with Crippen molar-refractivity contribution in [3.8, 4) is 11.8 Å². The lowest BCUT2D eigenvalue weighted by molar-refractivity contribution is -0.0394. The zero-order valence-corrected chi connectivity index (χ0v) is 10.7. The largest absolute Gasteiger partial charge is 0.493 e. The number of benzene rings is 1. The summed E-state index contributed by atoms with van der Waals surface area (Å²) in [5.74, 6) is 0.701. The topological polar surface area (TPSA) is 62.5 Å². The van der Waals surface area contributed by atoms with Gasteiger partial charge in [0, 0.05) is 18.6 Å². The minimum Gasteiger partial charge on any atom is -0.493 e. The number of aliphatic hydroxyl groups is 1. The normalized spacial score (nSPS) is 31.1. The number of hydrogen-bond acceptors (Lipinski definition) is 4. The van der Waals surface area contributed by atoms with Gasteiger partial charge in [-0.3, -0.25) is 0 Å². The molecule has 0 spiro atoms. The van der Waals surface area contributed by atoms with Crippen molar-refractivity contribution in [2.45, 2.75) is 36.9 Å². The van der Waals surface area contributed by atoms with Crippen LogP contribution < -0.4 is 4.74 Å². The SMILES string of the molecule is N#CC1(C(O)C2CCCO2)CCOc2ccccc21. The van der Waals surface area contributed by atoms with Crippen molar-refractivity contribution in [1.82, 2.24) is 0 Å². The highest BCUT2D eigenvalue weighted by Gasteiger charge is 2.48. The lowest BCUT2D eigenvalue weighted by atomic mass is 9.71. The lowest BCUT2D eigenvalue weighted by Gasteiger charge is -2.38. The van der Waals surface area contributed by atoms with Crippen molar-refractivity contribution in [2.75, 3.05) is 13.2 Å². The average molecular weight is 259 g/mol. The summed E-state index contributed by atoms with van der Waals surface area (Å²) in [4.78, 5) is 0. The van der Waals surface area contributed by atoms with E-state index in [-0.39, 0.29) is 6.10 Å². The minimum absolute atomic E-state index is 0.245. The molecule has 2 aliphatic heterocycles. The molecule has 3 atom stereocenters. The summed E-state index contributed by atoms with van der Waals surface area (Å²) in [5, 5.41) is 20.4. The van der Waals surface area contributed by atoms with E-state index in [4.69, 9.17) is 9.47 Å². The van der Waals surface area contributed by atoms with Crippen LogP contribution in [0.2, 0.25) is 0 Å². The zero-order valence-electron chi connectivity index (χ0n) is 10.7. The maximum atomic E-state index is 10.7. The van der Waals surface area contributed by atoms with E-state index in [0.717, 1.165) is 18.4 Å². The van der Waals surface area contributed by atoms with Crippen LogP contribution in [-0.4, -0.2) is 30.5 Å². The molecule has 0 amide bonds. The Bertz CT molecular complexity index is 504. The third-order valence-electron chi connectivity index (χ3n) is 4.14. The van der Waals surface area contributed by atoms with E-state index in [1.54, 1.807) is 0 Å². The van der Waals surface area contributed by atoms with E-state index < -0.39 is 11.5 Å². The highest BCUT2D eigenvalue weighted by atomic mass is 16.5. The van der Waals surface area contributed by atoms with Crippen LogP contribution in [0.3, 0.4) is 0 Å². The lowest BCUT2D eigenvalue weighted by Crippen LogP contribution is -2.48. The minimum atomic E-state index is -0.913. The van der Waals surface area contributed by atoms with Crippen LogP contribution in [0.15, 0.2) is 24.3 Å². The smallest absolute Gasteiger partial charge is 0.124 e. The van der Waals surface area contributed by atoms with Gasteiger partial charge in [0.25, 0.3) is 0 Å². The van der Waals surface area contributed by atoms with Gasteiger partial charge in [0.2, 0.25) is 0 Å². The fourth-order valence-electron chi connectivity index (χ4n) is 3.08. The van der Waals surface area contributed by atoms with Crippen molar-refractivity contribution < 1.29 is 14.6 Å². The van der Waals surface area contributed by atoms with Crippen molar-refractivity contribution in [1.29, 1.82) is 5.26 Å². The summed E-state index contributed by atoms with van der Waals surface area (Å²) in [6.45, 7) is 1.12. The molecule has 3 rings (SSSR count). The van der Waals surface area contributed by atoms with Gasteiger partial charge in [-0.05, 0) is 18.9 Å². The van der Waals surface area contributed by atoms with Crippen molar-refractivity contribution >= 4 is 0 Å². The van der Waals surface area contributed by atoms with Crippen LogP contribution in [-0.2, 0) is 10.2 Å². The average Bonchev–Trinajstić information content (AvgIpc) is 3.00. The summed E-state index contributed by atoms with van der Waals surface area (Å²) in [6, 6.07) is 9.82. The predicted molar refractivity (Wildman–Crippen MR) is 68.8 cm³/mol. The highest BCUT2D eigenvalue weighted by molar-refractivity contribution is 5.47. The first-order valence-corrected chi connectivity index (χ1v) is 6.71. The molecule has 0 radical (unpaired) electrons. The van der Waals surface area contributed by atoms with E-state index in [1.807, 2.05) is 24.3 Å². The van der Waals surface area contributed by atoms with E-state index in [9.17, 15) is 10.4 Å². The van der Waals surface area contributed by atoms with Gasteiger partial charge in [0.15, 0.2) is 0 Å². The van der Waals surface area contributed by atoms with Crippen molar-refractivity contribution in [2.24, 2.45) is 0 Å². The number of nitrogens with zero attached hydrogens (tertiary/aromatic N) is 1. The van der Waals surface area contributed by atoms with Crippen molar-refractivity contribution in [3.63, 3.8) is 0 Å². The van der Waals surface area contributed by atoms with Gasteiger partial charge in [-0.15, -0.1) is 0 Å². The molecule has 1 aromatic carbocycles. The number of para-hydroxylation sites is 1. The first-order valence-electron chi connectivity index (χ1n) is 6.71. The number of aliphatic hydroxyl groups excluding tert-OH is 1. The molecule has 0 aromatic heterocycles. The molecule has 0 bridgehead atoms. The third-order valence-corrected chi connectivity index (χ3v) is 4.14. The summed E-state index contributed by atoms with van der Waals surface area (Å²) < 4.78 is 11.2. The van der Waals surface area contributed by atoms with E-state index in [0.29, 0.717) is 25.4 Å². The number of nitriles is 1. The summed E-state index contributed by atoms with van der Waals surface area (Å²) in [7, 11) is 0. The molecule has 1 saturated heterocycles. The Balaban J connectivity index is 2.02. The number of rotatable bonds is 2. The molecule has 19 heavy (non-hydrogen) atoms. The molecular weight excluding hydrogens is 242 g/mol. The van der Waals surface area contributed by atoms with Gasteiger partial charge in [-0.1, -0.05) is 18.2 Å². The van der Waals surface area contributed by atoms with Gasteiger partial charge >= 0.3 is 0 Å². The quantitative estimate of drug-likeness (QED) is 0.879. The van der Waals surface area contributed by atoms with Gasteiger partial charge in [0.1, 0.15) is 17.3 Å². The molecular formula is C15H17NO3. The highest BCUT2D eigenvalue weighted by Crippen LogP contribution is 2.43. The maximum Gasteiger partial charge on any atom is 0.124 e. The standard InChI is InChI=1S/C15H17NO3/c16-10-15(14(17)13-6-3-8-18-13)7-9-19-12-5-2-1-4-11(12)15/h1-2,4-5,13-14,17H,3,6-9H2. The second-order valence-corrected chi connectivity index (χ2v) is 5.17. The van der Waals surface area contributed by atoms with E-state index in [1.165, 1.54) is 0 Å². The fourth-order valence-corrected chi connectivity index (χ4v) is 3.08. The van der Waals surface area contributed by atoms with Crippen LogP contribution >= 0.6 is 0 Å².